The van der Waals surface area contributed by atoms with E-state index in [0.29, 0.717) is 18.0 Å². The Kier molecular flexibility index (Phi) is 9.12. The highest BCUT2D eigenvalue weighted by Crippen LogP contribution is 2.38. The number of amides is 1. The van der Waals surface area contributed by atoms with Crippen LogP contribution in [0, 0.1) is 12.3 Å². The first kappa shape index (κ1) is 26.4. The summed E-state index contributed by atoms with van der Waals surface area (Å²) in [5.41, 5.74) is 3.80. The second-order valence-corrected chi connectivity index (χ2v) is 8.47. The Morgan fingerprint density at radius 1 is 1.17 bits per heavy atom. The molecule has 0 aromatic heterocycles. The summed E-state index contributed by atoms with van der Waals surface area (Å²) in [6, 6.07) is 16.3. The Morgan fingerprint density at radius 2 is 1.83 bits per heavy atom. The number of nitrogens with one attached hydrogen (secondary N) is 1. The normalized spacial score (nSPS) is 15.6. The predicted octanol–water partition coefficient (Wildman–Crippen LogP) is 3.96. The molecule has 2 aliphatic rings. The third-order valence-electron chi connectivity index (χ3n) is 6.17. The highest BCUT2D eigenvalue weighted by Gasteiger charge is 2.32. The van der Waals surface area contributed by atoms with Crippen LogP contribution in [0.25, 0.3) is 5.76 Å². The van der Waals surface area contributed by atoms with Crippen molar-refractivity contribution in [2.24, 2.45) is 5.10 Å². The zero-order valence-electron chi connectivity index (χ0n) is 20.6. The molecule has 1 amide bonds. The van der Waals surface area contributed by atoms with Crippen LogP contribution in [0.3, 0.4) is 0 Å². The number of hydrazone groups is 1. The molecule has 0 unspecified atom stereocenters. The smallest absolute Gasteiger partial charge is 0.322 e. The fourth-order valence-corrected chi connectivity index (χ4v) is 4.62. The van der Waals surface area contributed by atoms with E-state index in [4.69, 9.17) is 5.11 Å². The molecule has 1 saturated heterocycles. The number of carbonyl (C=O) groups excluding carboxylic acids is 1. The van der Waals surface area contributed by atoms with Gasteiger partial charge in [-0.25, -0.2) is 0 Å². The Hall–Kier alpha value is -4.25. The number of hydrogen-bond acceptors (Lipinski definition) is 6. The van der Waals surface area contributed by atoms with E-state index >= 15 is 0 Å². The maximum Gasteiger partial charge on any atom is 0.322 e. The van der Waals surface area contributed by atoms with Gasteiger partial charge in [0.2, 0.25) is 0 Å². The van der Waals surface area contributed by atoms with Crippen molar-refractivity contribution in [3.63, 3.8) is 0 Å². The lowest BCUT2D eigenvalue weighted by molar-refractivity contribution is -0.137. The number of carbonyl (C=O) groups is 2. The van der Waals surface area contributed by atoms with Crippen LogP contribution >= 0.6 is 0 Å². The molecule has 0 bridgehead atoms. The largest absolute Gasteiger partial charge is 0.505 e. The van der Waals surface area contributed by atoms with Crippen LogP contribution in [0.15, 0.2) is 59.3 Å². The number of rotatable bonds is 6. The van der Waals surface area contributed by atoms with Gasteiger partial charge in [0.1, 0.15) is 6.54 Å². The lowest BCUT2D eigenvalue weighted by atomic mass is 9.88. The number of carboxylic acids is 1. The van der Waals surface area contributed by atoms with Crippen LogP contribution in [-0.4, -0.2) is 52.9 Å². The van der Waals surface area contributed by atoms with Gasteiger partial charge in [0.05, 0.1) is 6.54 Å². The summed E-state index contributed by atoms with van der Waals surface area (Å²) in [5, 5.41) is 27.9. The number of nitrogens with zero attached hydrogens (tertiary/aromatic N) is 3. The van der Waals surface area contributed by atoms with E-state index in [1.54, 1.807) is 19.9 Å². The molecule has 2 aromatic carbocycles. The van der Waals surface area contributed by atoms with Gasteiger partial charge < -0.3 is 20.4 Å². The number of aliphatic carboxylic acids is 1. The highest BCUT2D eigenvalue weighted by molar-refractivity contribution is 6.01. The van der Waals surface area contributed by atoms with Crippen LogP contribution in [0.4, 0.5) is 5.69 Å². The summed E-state index contributed by atoms with van der Waals surface area (Å²) in [7, 11) is 0. The molecular formula is C28H32N4O4. The lowest BCUT2D eigenvalue weighted by Crippen LogP contribution is -2.39. The van der Waals surface area contributed by atoms with E-state index in [1.165, 1.54) is 16.8 Å². The molecule has 0 radical (unpaired) electrons. The summed E-state index contributed by atoms with van der Waals surface area (Å²) in [6.07, 6.45) is 8.21. The summed E-state index contributed by atoms with van der Waals surface area (Å²) < 4.78 is 0. The van der Waals surface area contributed by atoms with E-state index in [2.05, 4.69) is 51.9 Å². The second-order valence-electron chi connectivity index (χ2n) is 8.47. The van der Waals surface area contributed by atoms with Crippen LogP contribution in [0.5, 0.6) is 0 Å². The Labute approximate surface area is 211 Å². The van der Waals surface area contributed by atoms with Gasteiger partial charge in [0.25, 0.3) is 5.91 Å². The van der Waals surface area contributed by atoms with E-state index < -0.39 is 18.4 Å². The first-order valence-electron chi connectivity index (χ1n) is 11.9. The molecule has 8 heteroatoms. The number of benzene rings is 2. The van der Waals surface area contributed by atoms with E-state index in [9.17, 15) is 14.7 Å². The van der Waals surface area contributed by atoms with Crippen molar-refractivity contribution < 1.29 is 19.8 Å². The second kappa shape index (κ2) is 12.5. The van der Waals surface area contributed by atoms with Crippen molar-refractivity contribution in [3.05, 3.63) is 70.9 Å². The van der Waals surface area contributed by atoms with Crippen LogP contribution in [-0.2, 0) is 16.1 Å². The highest BCUT2D eigenvalue weighted by atomic mass is 16.4. The van der Waals surface area contributed by atoms with Gasteiger partial charge in [0, 0.05) is 36.1 Å². The van der Waals surface area contributed by atoms with Crippen molar-refractivity contribution in [1.82, 2.24) is 10.3 Å². The summed E-state index contributed by atoms with van der Waals surface area (Å²) >= 11 is 0. The van der Waals surface area contributed by atoms with Gasteiger partial charge in [-0.05, 0) is 44.2 Å². The van der Waals surface area contributed by atoms with Gasteiger partial charge in [-0.1, -0.05) is 42.5 Å². The predicted molar refractivity (Wildman–Crippen MR) is 141 cm³/mol. The quantitative estimate of drug-likeness (QED) is 0.420. The van der Waals surface area contributed by atoms with Gasteiger partial charge in [-0.2, -0.15) is 5.10 Å². The molecule has 2 aromatic rings. The van der Waals surface area contributed by atoms with Gasteiger partial charge in [-0.3, -0.25) is 14.6 Å². The minimum Gasteiger partial charge on any atom is -0.505 e. The third-order valence-corrected chi connectivity index (χ3v) is 6.17. The molecule has 0 atom stereocenters. The number of aliphatic hydroxyl groups is 1. The number of anilines is 1. The first-order valence-corrected chi connectivity index (χ1v) is 11.9. The van der Waals surface area contributed by atoms with Gasteiger partial charge in [-0.15, -0.1) is 12.3 Å². The molecule has 1 fully saturated rings. The molecule has 36 heavy (non-hydrogen) atoms. The lowest BCUT2D eigenvalue weighted by Gasteiger charge is -2.37. The number of carboxylic acid groups (broad SMARTS) is 1. The average Bonchev–Trinajstić information content (AvgIpc) is 2.88. The van der Waals surface area contributed by atoms with Crippen LogP contribution in [0.2, 0.25) is 0 Å². The van der Waals surface area contributed by atoms with Crippen molar-refractivity contribution in [2.45, 2.75) is 39.2 Å². The van der Waals surface area contributed by atoms with Crippen molar-refractivity contribution in [2.75, 3.05) is 24.5 Å². The molecule has 2 aliphatic heterocycles. The van der Waals surface area contributed by atoms with Crippen molar-refractivity contribution in [3.8, 4) is 12.3 Å². The van der Waals surface area contributed by atoms with E-state index in [1.807, 2.05) is 18.2 Å². The molecule has 8 nitrogen and oxygen atoms in total. The van der Waals surface area contributed by atoms with Crippen molar-refractivity contribution >= 4 is 29.5 Å². The number of fused-ring (bicyclic) bond motifs is 1. The van der Waals surface area contributed by atoms with Crippen LogP contribution < -0.4 is 10.2 Å². The fraction of sp³-hybridized carbons (Fsp3) is 0.321. The maximum absolute atomic E-state index is 12.6. The van der Waals surface area contributed by atoms with Gasteiger partial charge in [0.15, 0.2) is 11.5 Å². The standard InChI is InChI=1S/C25H28N4O4.C3H4/c1-2-27-29-16-20-19(24(32)23(29)25(33)26-15-22(30)31)9-6-10-21(20)28-13-11-18(12-14-28)17-7-4-3-5-8-17;1-3-2/h2-10,18,32H,11-16H2,1H3,(H,26,33)(H,30,31);1H,2H3/b27-2-;. The summed E-state index contributed by atoms with van der Waals surface area (Å²) in [6.45, 7) is 4.92. The Bertz CT molecular complexity index is 1180. The molecule has 0 aliphatic carbocycles. The Balaban J connectivity index is 0.00000115. The number of terminal acetylenes is 1. The monoisotopic (exact) mass is 488 g/mol. The minimum absolute atomic E-state index is 0.0539. The van der Waals surface area contributed by atoms with E-state index in [-0.39, 0.29) is 11.5 Å². The third kappa shape index (κ3) is 6.05. The van der Waals surface area contributed by atoms with E-state index in [0.717, 1.165) is 37.2 Å². The first-order chi connectivity index (χ1) is 17.4. The average molecular weight is 489 g/mol. The van der Waals surface area contributed by atoms with Crippen molar-refractivity contribution in [1.29, 1.82) is 0 Å². The molecule has 188 valence electrons. The molecule has 4 rings (SSSR count). The fourth-order valence-electron chi connectivity index (χ4n) is 4.62. The maximum atomic E-state index is 12.6. The SMILES string of the molecule is C#CC.C/C=N\N1Cc2c(cccc2N2CCC(c3ccccc3)CC2)C(O)=C1C(=O)NCC(=O)O. The number of aliphatic hydroxyl groups excluding tert-OH is 1. The molecular weight excluding hydrogens is 456 g/mol. The minimum atomic E-state index is -1.16. The van der Waals surface area contributed by atoms with Crippen LogP contribution in [0.1, 0.15) is 49.3 Å². The summed E-state index contributed by atoms with van der Waals surface area (Å²) in [4.78, 5) is 25.8. The topological polar surface area (TPSA) is 105 Å². The molecule has 2 heterocycles. The molecule has 0 saturated carbocycles. The van der Waals surface area contributed by atoms with Gasteiger partial charge >= 0.3 is 5.97 Å². The Morgan fingerprint density at radius 3 is 2.44 bits per heavy atom. The zero-order chi connectivity index (χ0) is 26.1. The molecule has 3 N–H and O–H groups in total. The molecule has 0 spiro atoms. The number of hydrogen-bond donors (Lipinski definition) is 3. The number of piperidine rings is 1. The zero-order valence-corrected chi connectivity index (χ0v) is 20.6. The summed E-state index contributed by atoms with van der Waals surface area (Å²) in [5.74, 6) is 0.735.